The molecular weight excluding hydrogens is 139 g/mol. The van der Waals surface area contributed by atoms with E-state index in [-0.39, 0.29) is 5.82 Å². The maximum atomic E-state index is 13.0. The summed E-state index contributed by atoms with van der Waals surface area (Å²) in [6.07, 6.45) is 2.39. The highest BCUT2D eigenvalue weighted by molar-refractivity contribution is 5.48. The number of halogens is 1. The number of rotatable bonds is 2. The van der Waals surface area contributed by atoms with Crippen LogP contribution in [-0.4, -0.2) is 0 Å². The van der Waals surface area contributed by atoms with Gasteiger partial charge >= 0.3 is 0 Å². The van der Waals surface area contributed by atoms with Gasteiger partial charge < -0.3 is 0 Å². The molecule has 0 saturated heterocycles. The van der Waals surface area contributed by atoms with Crippen molar-refractivity contribution in [3.63, 3.8) is 0 Å². The zero-order chi connectivity index (χ0) is 8.27. The first kappa shape index (κ1) is 7.99. The smallest absolute Gasteiger partial charge is 0.130 e. The molecule has 1 aromatic carbocycles. The summed E-state index contributed by atoms with van der Waals surface area (Å²) in [6, 6.07) is 5.22. The number of benzene rings is 1. The van der Waals surface area contributed by atoms with Crippen LogP contribution in [0.15, 0.2) is 24.8 Å². The average Bonchev–Trinajstić information content (AvgIpc) is 2.04. The van der Waals surface area contributed by atoms with Crippen LogP contribution in [0.25, 0.3) is 6.08 Å². The predicted octanol–water partition coefficient (Wildman–Crippen LogP) is 3.03. The van der Waals surface area contributed by atoms with Gasteiger partial charge in [0.15, 0.2) is 0 Å². The second-order valence-corrected chi connectivity index (χ2v) is 2.41. The highest BCUT2D eigenvalue weighted by atomic mass is 19.1. The maximum Gasteiger partial charge on any atom is 0.130 e. The molecule has 0 fully saturated rings. The number of hydrogen-bond donors (Lipinski definition) is 0. The minimum atomic E-state index is -0.181. The van der Waals surface area contributed by atoms with Gasteiger partial charge in [0.1, 0.15) is 5.82 Å². The molecule has 0 spiro atoms. The fourth-order valence-corrected chi connectivity index (χ4v) is 0.956. The number of hydrogen-bond acceptors (Lipinski definition) is 0. The zero-order valence-corrected chi connectivity index (χ0v) is 6.60. The van der Waals surface area contributed by atoms with Gasteiger partial charge in [-0.3, -0.25) is 0 Å². The maximum absolute atomic E-state index is 13.0. The lowest BCUT2D eigenvalue weighted by Gasteiger charge is -1.98. The minimum absolute atomic E-state index is 0.181. The molecule has 0 unspecified atom stereocenters. The molecule has 0 heterocycles. The van der Waals surface area contributed by atoms with Crippen LogP contribution in [0.5, 0.6) is 0 Å². The molecule has 1 rings (SSSR count). The van der Waals surface area contributed by atoms with E-state index in [1.54, 1.807) is 12.1 Å². The molecule has 0 aliphatic carbocycles. The zero-order valence-electron chi connectivity index (χ0n) is 6.60. The van der Waals surface area contributed by atoms with Crippen molar-refractivity contribution in [2.24, 2.45) is 0 Å². The van der Waals surface area contributed by atoms with Crippen molar-refractivity contribution in [3.05, 3.63) is 41.7 Å². The summed E-state index contributed by atoms with van der Waals surface area (Å²) in [5.41, 5.74) is 1.59. The summed E-state index contributed by atoms with van der Waals surface area (Å²) in [6.45, 7) is 5.51. The van der Waals surface area contributed by atoms with Crippen molar-refractivity contribution >= 4 is 6.08 Å². The van der Waals surface area contributed by atoms with Crippen molar-refractivity contribution in [1.82, 2.24) is 0 Å². The first-order chi connectivity index (χ1) is 5.27. The van der Waals surface area contributed by atoms with E-state index in [4.69, 9.17) is 0 Å². The lowest BCUT2D eigenvalue weighted by Crippen LogP contribution is -1.85. The molecule has 0 radical (unpaired) electrons. The van der Waals surface area contributed by atoms with Crippen LogP contribution in [-0.2, 0) is 6.42 Å². The lowest BCUT2D eigenvalue weighted by molar-refractivity contribution is 0.623. The fraction of sp³-hybridized carbons (Fsp3) is 0.200. The van der Waals surface area contributed by atoms with Crippen LogP contribution in [0.1, 0.15) is 18.1 Å². The first-order valence-corrected chi connectivity index (χ1v) is 3.68. The molecule has 0 bridgehead atoms. The summed E-state index contributed by atoms with van der Waals surface area (Å²) in [4.78, 5) is 0. The van der Waals surface area contributed by atoms with Crippen LogP contribution in [0.4, 0.5) is 4.39 Å². The van der Waals surface area contributed by atoms with E-state index < -0.39 is 0 Å². The van der Waals surface area contributed by atoms with Crippen molar-refractivity contribution in [1.29, 1.82) is 0 Å². The summed E-state index contributed by atoms with van der Waals surface area (Å²) in [7, 11) is 0. The summed E-state index contributed by atoms with van der Waals surface area (Å²) in [5.74, 6) is -0.181. The molecular formula is C10H11F. The normalized spacial score (nSPS) is 9.64. The van der Waals surface area contributed by atoms with Crippen LogP contribution in [0.3, 0.4) is 0 Å². The van der Waals surface area contributed by atoms with Gasteiger partial charge in [-0.25, -0.2) is 4.39 Å². The quantitative estimate of drug-likeness (QED) is 0.607. The first-order valence-electron chi connectivity index (χ1n) is 3.68. The van der Waals surface area contributed by atoms with E-state index in [1.807, 2.05) is 13.0 Å². The van der Waals surface area contributed by atoms with E-state index in [2.05, 4.69) is 6.58 Å². The topological polar surface area (TPSA) is 0 Å². The van der Waals surface area contributed by atoms with Gasteiger partial charge in [-0.2, -0.15) is 0 Å². The third kappa shape index (κ3) is 1.67. The van der Waals surface area contributed by atoms with E-state index in [0.717, 1.165) is 12.0 Å². The molecule has 1 heteroatoms. The largest absolute Gasteiger partial charge is 0.206 e. The third-order valence-corrected chi connectivity index (χ3v) is 1.69. The van der Waals surface area contributed by atoms with Crippen LogP contribution in [0, 0.1) is 5.82 Å². The van der Waals surface area contributed by atoms with E-state index in [0.29, 0.717) is 5.56 Å². The predicted molar refractivity (Wildman–Crippen MR) is 45.9 cm³/mol. The number of aryl methyl sites for hydroxylation is 1. The Kier molecular flexibility index (Phi) is 2.42. The Morgan fingerprint density at radius 1 is 1.55 bits per heavy atom. The monoisotopic (exact) mass is 150 g/mol. The van der Waals surface area contributed by atoms with Gasteiger partial charge in [-0.05, 0) is 18.1 Å². The highest BCUT2D eigenvalue weighted by Gasteiger charge is 1.97. The summed E-state index contributed by atoms with van der Waals surface area (Å²) >= 11 is 0. The SMILES string of the molecule is C=Cc1ccc(CC)cc1F. The molecule has 0 saturated carbocycles. The van der Waals surface area contributed by atoms with Crippen molar-refractivity contribution in [2.75, 3.05) is 0 Å². The summed E-state index contributed by atoms with van der Waals surface area (Å²) in [5, 5.41) is 0. The van der Waals surface area contributed by atoms with Crippen molar-refractivity contribution < 1.29 is 4.39 Å². The molecule has 0 amide bonds. The average molecular weight is 150 g/mol. The Morgan fingerprint density at radius 2 is 2.27 bits per heavy atom. The van der Waals surface area contributed by atoms with Crippen molar-refractivity contribution in [2.45, 2.75) is 13.3 Å². The Bertz CT molecular complexity index is 264. The Balaban J connectivity index is 3.09. The van der Waals surface area contributed by atoms with E-state index >= 15 is 0 Å². The molecule has 0 aliphatic heterocycles. The van der Waals surface area contributed by atoms with Crippen LogP contribution < -0.4 is 0 Å². The Morgan fingerprint density at radius 3 is 2.73 bits per heavy atom. The van der Waals surface area contributed by atoms with Crippen LogP contribution in [0.2, 0.25) is 0 Å². The van der Waals surface area contributed by atoms with E-state index in [9.17, 15) is 4.39 Å². The molecule has 1 aromatic rings. The fourth-order valence-electron chi connectivity index (χ4n) is 0.956. The second-order valence-electron chi connectivity index (χ2n) is 2.41. The van der Waals surface area contributed by atoms with Crippen molar-refractivity contribution in [3.8, 4) is 0 Å². The Labute approximate surface area is 66.4 Å². The van der Waals surface area contributed by atoms with Gasteiger partial charge in [0.2, 0.25) is 0 Å². The molecule has 0 atom stereocenters. The molecule has 0 N–H and O–H groups in total. The third-order valence-electron chi connectivity index (χ3n) is 1.69. The van der Waals surface area contributed by atoms with Gasteiger partial charge in [0.25, 0.3) is 0 Å². The molecule has 11 heavy (non-hydrogen) atoms. The van der Waals surface area contributed by atoms with Crippen LogP contribution >= 0.6 is 0 Å². The molecule has 58 valence electrons. The minimum Gasteiger partial charge on any atom is -0.206 e. The second kappa shape index (κ2) is 3.33. The Hall–Kier alpha value is -1.11. The standard InChI is InChI=1S/C10H11F/c1-3-8-5-6-9(4-2)10(11)7-8/h4-7H,2-3H2,1H3. The van der Waals surface area contributed by atoms with Gasteiger partial charge in [-0.15, -0.1) is 0 Å². The highest BCUT2D eigenvalue weighted by Crippen LogP contribution is 2.11. The molecule has 0 nitrogen and oxygen atoms in total. The molecule has 0 aliphatic rings. The summed E-state index contributed by atoms with van der Waals surface area (Å²) < 4.78 is 13.0. The lowest BCUT2D eigenvalue weighted by atomic mass is 10.1. The van der Waals surface area contributed by atoms with Gasteiger partial charge in [0, 0.05) is 5.56 Å². The van der Waals surface area contributed by atoms with E-state index in [1.165, 1.54) is 6.08 Å². The van der Waals surface area contributed by atoms with Gasteiger partial charge in [-0.1, -0.05) is 31.7 Å². The molecule has 0 aromatic heterocycles. The van der Waals surface area contributed by atoms with Gasteiger partial charge in [0.05, 0.1) is 0 Å².